The summed E-state index contributed by atoms with van der Waals surface area (Å²) in [4.78, 5) is 60.6. The maximum atomic E-state index is 13.2. The summed E-state index contributed by atoms with van der Waals surface area (Å²) in [6.45, 7) is 1.27. The van der Waals surface area contributed by atoms with Crippen molar-refractivity contribution in [2.24, 2.45) is 0 Å². The van der Waals surface area contributed by atoms with Gasteiger partial charge in [-0.1, -0.05) is 36.4 Å². The number of carbonyl (C=O) groups is 4. The van der Waals surface area contributed by atoms with E-state index in [1.165, 1.54) is 0 Å². The molecule has 2 atom stereocenters. The number of para-hydroxylation sites is 2. The highest BCUT2D eigenvalue weighted by Crippen LogP contribution is 2.30. The zero-order valence-corrected chi connectivity index (χ0v) is 32.2. The molecule has 2 fully saturated rings. The molecule has 4 amide bonds. The maximum absolute atomic E-state index is 13.2. The Morgan fingerprint density at radius 2 is 1.11 bits per heavy atom. The number of amides is 4. The van der Waals surface area contributed by atoms with Crippen molar-refractivity contribution in [2.75, 3.05) is 37.9 Å². The van der Waals surface area contributed by atoms with Crippen molar-refractivity contribution in [3.8, 4) is 34.3 Å². The molecule has 3 heterocycles. The van der Waals surface area contributed by atoms with Crippen LogP contribution in [0.2, 0.25) is 0 Å². The maximum Gasteiger partial charge on any atom is 0.227 e. The van der Waals surface area contributed by atoms with Crippen LogP contribution in [-0.2, 0) is 32.0 Å². The molecule has 2 saturated heterocycles. The highest BCUT2D eigenvalue weighted by atomic mass is 16.5. The lowest BCUT2D eigenvalue weighted by Gasteiger charge is -2.25. The van der Waals surface area contributed by atoms with Gasteiger partial charge in [0, 0.05) is 71.6 Å². The van der Waals surface area contributed by atoms with Gasteiger partial charge in [0.05, 0.1) is 33.3 Å². The molecular formula is C45H47N5O7. The SMILES string of the molecule is COc1ccccc1CC(=O)N1CCCC1CC(=O)Nc1ccc(-c2cnc(-c3ccc(NC(=O)CC4CCCN4C(=O)Cc4ccccc4OC)cc3)o2)cc1. The van der Waals surface area contributed by atoms with Crippen LogP contribution in [0.1, 0.15) is 49.7 Å². The summed E-state index contributed by atoms with van der Waals surface area (Å²) in [7, 11) is 3.19. The Bertz CT molecular complexity index is 2050. The molecule has 2 unspecified atom stereocenters. The summed E-state index contributed by atoms with van der Waals surface area (Å²) in [5.74, 6) is 2.04. The third kappa shape index (κ3) is 9.52. The number of nitrogens with zero attached hydrogens (tertiary/aromatic N) is 3. The molecule has 0 radical (unpaired) electrons. The van der Waals surface area contributed by atoms with Crippen LogP contribution in [0.4, 0.5) is 11.4 Å². The molecule has 0 bridgehead atoms. The molecule has 12 nitrogen and oxygen atoms in total. The first-order valence-corrected chi connectivity index (χ1v) is 19.4. The standard InChI is InChI=1S/C45H47N5O7/c1-55-38-13-5-3-9-32(38)25-43(53)49-23-7-11-36(49)27-41(51)47-34-19-15-30(16-20-34)40-29-46-45(57-40)31-17-21-35(22-18-31)48-42(52)28-37-12-8-24-50(37)44(54)26-33-10-4-6-14-39(33)56-2/h3-6,9-10,13-22,29,36-37H,7-8,11-12,23-28H2,1-2H3,(H,47,51)(H,48,52). The molecule has 1 aromatic heterocycles. The van der Waals surface area contributed by atoms with Crippen LogP contribution in [0.15, 0.2) is 108 Å². The van der Waals surface area contributed by atoms with Crippen molar-refractivity contribution in [1.29, 1.82) is 0 Å². The predicted molar refractivity (Wildman–Crippen MR) is 217 cm³/mol. The number of hydrogen-bond acceptors (Lipinski definition) is 8. The number of benzene rings is 4. The Kier molecular flexibility index (Phi) is 12.3. The Hall–Kier alpha value is -6.43. The quantitative estimate of drug-likeness (QED) is 0.121. The van der Waals surface area contributed by atoms with Crippen LogP contribution < -0.4 is 20.1 Å². The lowest BCUT2D eigenvalue weighted by molar-refractivity contribution is -0.133. The van der Waals surface area contributed by atoms with E-state index in [-0.39, 0.29) is 61.4 Å². The second kappa shape index (κ2) is 18.0. The third-order valence-electron chi connectivity index (χ3n) is 10.7. The van der Waals surface area contributed by atoms with Gasteiger partial charge in [-0.05, 0) is 86.3 Å². The van der Waals surface area contributed by atoms with Crippen LogP contribution in [0.5, 0.6) is 11.5 Å². The fourth-order valence-corrected chi connectivity index (χ4v) is 7.79. The second-order valence-corrected chi connectivity index (χ2v) is 14.4. The topological polar surface area (TPSA) is 143 Å². The minimum atomic E-state index is -0.154. The summed E-state index contributed by atoms with van der Waals surface area (Å²) in [6, 6.07) is 29.3. The minimum absolute atomic E-state index is 0.00752. The minimum Gasteiger partial charge on any atom is -0.496 e. The monoisotopic (exact) mass is 769 g/mol. The molecule has 7 rings (SSSR count). The van der Waals surface area contributed by atoms with Crippen LogP contribution in [0.3, 0.4) is 0 Å². The van der Waals surface area contributed by atoms with Gasteiger partial charge in [0.25, 0.3) is 0 Å². The van der Waals surface area contributed by atoms with Crippen molar-refractivity contribution in [2.45, 2.75) is 63.5 Å². The van der Waals surface area contributed by atoms with Crippen molar-refractivity contribution in [3.05, 3.63) is 114 Å². The normalized spacial score (nSPS) is 16.3. The number of rotatable bonds is 14. The van der Waals surface area contributed by atoms with Gasteiger partial charge >= 0.3 is 0 Å². The molecule has 0 spiro atoms. The average molecular weight is 770 g/mol. The smallest absolute Gasteiger partial charge is 0.227 e. The van der Waals surface area contributed by atoms with E-state index in [2.05, 4.69) is 15.6 Å². The van der Waals surface area contributed by atoms with Crippen LogP contribution in [-0.4, -0.2) is 77.8 Å². The number of methoxy groups -OCH3 is 2. The van der Waals surface area contributed by atoms with Crippen LogP contribution in [0, 0.1) is 0 Å². The Labute approximate surface area is 332 Å². The van der Waals surface area contributed by atoms with E-state index in [0.29, 0.717) is 47.6 Å². The summed E-state index contributed by atoms with van der Waals surface area (Å²) >= 11 is 0. The lowest BCUT2D eigenvalue weighted by atomic mass is 10.1. The van der Waals surface area contributed by atoms with Gasteiger partial charge in [-0.25, -0.2) is 4.98 Å². The van der Waals surface area contributed by atoms with Gasteiger partial charge in [-0.3, -0.25) is 19.2 Å². The number of likely N-dealkylation sites (tertiary alicyclic amines) is 2. The molecule has 4 aromatic carbocycles. The summed E-state index contributed by atoms with van der Waals surface area (Å²) < 4.78 is 16.9. The number of ether oxygens (including phenoxy) is 2. The molecule has 0 aliphatic carbocycles. The summed E-state index contributed by atoms with van der Waals surface area (Å²) in [5.41, 5.74) is 4.48. The first-order valence-electron chi connectivity index (χ1n) is 19.4. The molecule has 12 heteroatoms. The van der Waals surface area contributed by atoms with E-state index < -0.39 is 0 Å². The fraction of sp³-hybridized carbons (Fsp3) is 0.311. The van der Waals surface area contributed by atoms with Gasteiger partial charge in [-0.15, -0.1) is 0 Å². The first-order chi connectivity index (χ1) is 27.8. The molecule has 0 saturated carbocycles. The van der Waals surface area contributed by atoms with E-state index in [4.69, 9.17) is 13.9 Å². The second-order valence-electron chi connectivity index (χ2n) is 14.4. The Balaban J connectivity index is 0.885. The van der Waals surface area contributed by atoms with Crippen LogP contribution in [0.25, 0.3) is 22.8 Å². The van der Waals surface area contributed by atoms with Crippen molar-refractivity contribution in [3.63, 3.8) is 0 Å². The fourth-order valence-electron chi connectivity index (χ4n) is 7.79. The number of hydrogen-bond donors (Lipinski definition) is 2. The zero-order valence-electron chi connectivity index (χ0n) is 32.2. The summed E-state index contributed by atoms with van der Waals surface area (Å²) in [5, 5.41) is 5.93. The Morgan fingerprint density at radius 3 is 1.58 bits per heavy atom. The molecular weight excluding hydrogens is 723 g/mol. The largest absolute Gasteiger partial charge is 0.496 e. The number of oxazole rings is 1. The van der Waals surface area contributed by atoms with Crippen LogP contribution >= 0.6 is 0 Å². The third-order valence-corrected chi connectivity index (χ3v) is 10.7. The summed E-state index contributed by atoms with van der Waals surface area (Å²) in [6.07, 6.45) is 5.84. The molecule has 2 aliphatic rings. The number of aromatic nitrogens is 1. The predicted octanol–water partition coefficient (Wildman–Crippen LogP) is 7.15. The molecule has 294 valence electrons. The van der Waals surface area contributed by atoms with E-state index in [0.717, 1.165) is 47.9 Å². The van der Waals surface area contributed by atoms with E-state index in [1.54, 1.807) is 32.5 Å². The van der Waals surface area contributed by atoms with Gasteiger partial charge < -0.3 is 34.3 Å². The first kappa shape index (κ1) is 38.8. The Morgan fingerprint density at radius 1 is 0.649 bits per heavy atom. The van der Waals surface area contributed by atoms with Crippen molar-refractivity contribution < 1.29 is 33.1 Å². The molecule has 2 N–H and O–H groups in total. The molecule has 57 heavy (non-hydrogen) atoms. The van der Waals surface area contributed by atoms with E-state index >= 15 is 0 Å². The zero-order chi connectivity index (χ0) is 39.7. The lowest BCUT2D eigenvalue weighted by Crippen LogP contribution is -2.38. The number of nitrogens with one attached hydrogen (secondary N) is 2. The van der Waals surface area contributed by atoms with Gasteiger partial charge in [0.2, 0.25) is 29.5 Å². The average Bonchev–Trinajstić information content (AvgIpc) is 4.01. The van der Waals surface area contributed by atoms with E-state index in [1.807, 2.05) is 94.7 Å². The van der Waals surface area contributed by atoms with Gasteiger partial charge in [0.1, 0.15) is 11.5 Å². The molecule has 2 aliphatic heterocycles. The highest BCUT2D eigenvalue weighted by molar-refractivity contribution is 5.93. The number of anilines is 2. The van der Waals surface area contributed by atoms with Gasteiger partial charge in [-0.2, -0.15) is 0 Å². The van der Waals surface area contributed by atoms with Gasteiger partial charge in [0.15, 0.2) is 5.76 Å². The molecule has 5 aromatic rings. The number of carbonyl (C=O) groups excluding carboxylic acids is 4. The van der Waals surface area contributed by atoms with E-state index in [9.17, 15) is 19.2 Å². The van der Waals surface area contributed by atoms with Crippen molar-refractivity contribution >= 4 is 35.0 Å². The van der Waals surface area contributed by atoms with Crippen molar-refractivity contribution in [1.82, 2.24) is 14.8 Å². The highest BCUT2D eigenvalue weighted by Gasteiger charge is 2.32.